The summed E-state index contributed by atoms with van der Waals surface area (Å²) in [6, 6.07) is 14.4. The van der Waals surface area contributed by atoms with Gasteiger partial charge in [0, 0.05) is 5.02 Å². The number of nitrogens with zero attached hydrogens (tertiary/aromatic N) is 4. The molecule has 0 atom stereocenters. The van der Waals surface area contributed by atoms with E-state index in [-0.39, 0.29) is 11.7 Å². The lowest BCUT2D eigenvalue weighted by Gasteiger charge is -2.07. The largest absolute Gasteiger partial charge is 0.324 e. The van der Waals surface area contributed by atoms with Crippen molar-refractivity contribution < 1.29 is 4.79 Å². The molecule has 0 radical (unpaired) electrons. The molecule has 1 amide bonds. The summed E-state index contributed by atoms with van der Waals surface area (Å²) in [4.78, 5) is 20.9. The molecule has 28 heavy (non-hydrogen) atoms. The minimum Gasteiger partial charge on any atom is -0.324 e. The maximum atomic E-state index is 12.3. The van der Waals surface area contributed by atoms with Crippen molar-refractivity contribution in [1.82, 2.24) is 19.7 Å². The van der Waals surface area contributed by atoms with Crippen molar-refractivity contribution in [3.05, 3.63) is 71.1 Å². The molecule has 4 aromatic rings. The lowest BCUT2D eigenvalue weighted by Crippen LogP contribution is -2.14. The fourth-order valence-electron chi connectivity index (χ4n) is 2.59. The molecular formula is C19H13Cl2N5OS. The monoisotopic (exact) mass is 429 g/mol. The van der Waals surface area contributed by atoms with Crippen LogP contribution in [0.1, 0.15) is 0 Å². The number of carbonyl (C=O) groups is 1. The van der Waals surface area contributed by atoms with Crippen LogP contribution in [0.3, 0.4) is 0 Å². The van der Waals surface area contributed by atoms with Gasteiger partial charge in [-0.15, -0.1) is 0 Å². The van der Waals surface area contributed by atoms with Crippen LogP contribution in [0.5, 0.6) is 0 Å². The van der Waals surface area contributed by atoms with Crippen LogP contribution in [-0.4, -0.2) is 31.4 Å². The SMILES string of the molecule is O=C(CSc1ncnc2c1cnn2-c1ccc(Cl)cc1)Nc1ccccc1Cl. The van der Waals surface area contributed by atoms with Crippen molar-refractivity contribution in [3.8, 4) is 5.69 Å². The topological polar surface area (TPSA) is 72.7 Å². The molecule has 4 rings (SSSR count). The second kappa shape index (κ2) is 8.18. The van der Waals surface area contributed by atoms with Gasteiger partial charge in [-0.05, 0) is 36.4 Å². The third-order valence-corrected chi connectivity index (χ3v) is 5.48. The Kier molecular flexibility index (Phi) is 5.47. The first-order valence-corrected chi connectivity index (χ1v) is 9.98. The number of benzene rings is 2. The lowest BCUT2D eigenvalue weighted by molar-refractivity contribution is -0.113. The third-order valence-electron chi connectivity index (χ3n) is 3.89. The highest BCUT2D eigenvalue weighted by molar-refractivity contribution is 8.00. The number of fused-ring (bicyclic) bond motifs is 1. The molecule has 2 heterocycles. The first kappa shape index (κ1) is 18.7. The predicted octanol–water partition coefficient (Wildman–Crippen LogP) is 4.85. The molecule has 0 aliphatic heterocycles. The fraction of sp³-hybridized carbons (Fsp3) is 0.0526. The Bertz CT molecular complexity index is 1150. The van der Waals surface area contributed by atoms with Crippen LogP contribution in [0.25, 0.3) is 16.7 Å². The average molecular weight is 430 g/mol. The van der Waals surface area contributed by atoms with Crippen molar-refractivity contribution in [1.29, 1.82) is 0 Å². The number of nitrogens with one attached hydrogen (secondary N) is 1. The Morgan fingerprint density at radius 2 is 1.86 bits per heavy atom. The molecule has 0 saturated heterocycles. The van der Waals surface area contributed by atoms with E-state index < -0.39 is 0 Å². The molecule has 0 saturated carbocycles. The zero-order valence-electron chi connectivity index (χ0n) is 14.3. The maximum absolute atomic E-state index is 12.3. The molecule has 0 aliphatic rings. The van der Waals surface area contributed by atoms with Crippen molar-refractivity contribution in [2.24, 2.45) is 0 Å². The summed E-state index contributed by atoms with van der Waals surface area (Å²) in [5, 5.41) is 9.79. The molecule has 2 aromatic heterocycles. The number of halogens is 2. The Labute approximate surface area is 174 Å². The summed E-state index contributed by atoms with van der Waals surface area (Å²) in [6.07, 6.45) is 3.16. The number of aromatic nitrogens is 4. The standard InChI is InChI=1S/C19H13Cl2N5OS/c20-12-5-7-13(8-6-12)26-18-14(9-24-26)19(23-11-22-18)28-10-17(27)25-16-4-2-1-3-15(16)21/h1-9,11H,10H2,(H,25,27). The van der Waals surface area contributed by atoms with Crippen LogP contribution in [0.2, 0.25) is 10.0 Å². The minimum absolute atomic E-state index is 0.171. The van der Waals surface area contributed by atoms with Crippen molar-refractivity contribution in [2.75, 3.05) is 11.1 Å². The molecule has 0 aliphatic carbocycles. The predicted molar refractivity (Wildman–Crippen MR) is 112 cm³/mol. The Morgan fingerprint density at radius 3 is 2.64 bits per heavy atom. The number of amides is 1. The smallest absolute Gasteiger partial charge is 0.234 e. The molecule has 140 valence electrons. The van der Waals surface area contributed by atoms with Crippen LogP contribution in [0.4, 0.5) is 5.69 Å². The average Bonchev–Trinajstić information content (AvgIpc) is 3.13. The highest BCUT2D eigenvalue weighted by atomic mass is 35.5. The molecule has 2 aromatic carbocycles. The summed E-state index contributed by atoms with van der Waals surface area (Å²) >= 11 is 13.3. The summed E-state index contributed by atoms with van der Waals surface area (Å²) < 4.78 is 1.71. The van der Waals surface area contributed by atoms with E-state index in [9.17, 15) is 4.79 Å². The molecule has 0 fully saturated rings. The molecule has 0 spiro atoms. The Hall–Kier alpha value is -2.61. The summed E-state index contributed by atoms with van der Waals surface area (Å²) in [7, 11) is 0. The van der Waals surface area contributed by atoms with Crippen LogP contribution in [0.15, 0.2) is 66.1 Å². The van der Waals surface area contributed by atoms with Gasteiger partial charge in [-0.25, -0.2) is 14.6 Å². The molecule has 9 heteroatoms. The van der Waals surface area contributed by atoms with Crippen molar-refractivity contribution >= 4 is 57.6 Å². The van der Waals surface area contributed by atoms with E-state index >= 15 is 0 Å². The lowest BCUT2D eigenvalue weighted by atomic mass is 10.3. The van der Waals surface area contributed by atoms with E-state index in [0.717, 1.165) is 11.1 Å². The van der Waals surface area contributed by atoms with Crippen LogP contribution in [0, 0.1) is 0 Å². The summed E-state index contributed by atoms with van der Waals surface area (Å²) in [6.45, 7) is 0. The number of para-hydroxylation sites is 1. The number of hydrogen-bond acceptors (Lipinski definition) is 5. The highest BCUT2D eigenvalue weighted by Gasteiger charge is 2.13. The third kappa shape index (κ3) is 3.96. The van der Waals surface area contributed by atoms with E-state index in [1.165, 1.54) is 18.1 Å². The summed E-state index contributed by atoms with van der Waals surface area (Å²) in [5.74, 6) is 0.0127. The van der Waals surface area contributed by atoms with Gasteiger partial charge in [0.25, 0.3) is 0 Å². The number of anilines is 1. The highest BCUT2D eigenvalue weighted by Crippen LogP contribution is 2.27. The van der Waals surface area contributed by atoms with Crippen LogP contribution < -0.4 is 5.32 Å². The molecule has 6 nitrogen and oxygen atoms in total. The van der Waals surface area contributed by atoms with Gasteiger partial charge in [0.15, 0.2) is 5.65 Å². The quantitative estimate of drug-likeness (QED) is 0.362. The van der Waals surface area contributed by atoms with E-state index in [2.05, 4.69) is 20.4 Å². The van der Waals surface area contributed by atoms with Gasteiger partial charge in [-0.2, -0.15) is 5.10 Å². The van der Waals surface area contributed by atoms with Gasteiger partial charge in [0.05, 0.1) is 33.7 Å². The van der Waals surface area contributed by atoms with E-state index in [0.29, 0.717) is 26.4 Å². The maximum Gasteiger partial charge on any atom is 0.234 e. The van der Waals surface area contributed by atoms with E-state index in [1.807, 2.05) is 24.3 Å². The van der Waals surface area contributed by atoms with E-state index in [4.69, 9.17) is 23.2 Å². The van der Waals surface area contributed by atoms with Crippen molar-refractivity contribution in [2.45, 2.75) is 5.03 Å². The van der Waals surface area contributed by atoms with Gasteiger partial charge in [-0.1, -0.05) is 47.1 Å². The number of hydrogen-bond donors (Lipinski definition) is 1. The Morgan fingerprint density at radius 1 is 1.07 bits per heavy atom. The van der Waals surface area contributed by atoms with Gasteiger partial charge in [0.1, 0.15) is 11.4 Å². The minimum atomic E-state index is -0.171. The molecule has 0 unspecified atom stereocenters. The fourth-order valence-corrected chi connectivity index (χ4v) is 3.66. The number of carbonyl (C=O) groups excluding carboxylic acids is 1. The van der Waals surface area contributed by atoms with E-state index in [1.54, 1.807) is 35.1 Å². The van der Waals surface area contributed by atoms with Gasteiger partial charge in [-0.3, -0.25) is 4.79 Å². The zero-order valence-corrected chi connectivity index (χ0v) is 16.7. The van der Waals surface area contributed by atoms with Gasteiger partial charge >= 0.3 is 0 Å². The second-order valence-electron chi connectivity index (χ2n) is 5.77. The van der Waals surface area contributed by atoms with Crippen LogP contribution in [-0.2, 0) is 4.79 Å². The Balaban J connectivity index is 1.52. The second-order valence-corrected chi connectivity index (χ2v) is 7.57. The first-order chi connectivity index (χ1) is 13.6. The van der Waals surface area contributed by atoms with Crippen LogP contribution >= 0.6 is 35.0 Å². The number of thioether (sulfide) groups is 1. The molecular weight excluding hydrogens is 417 g/mol. The molecule has 0 bridgehead atoms. The molecule has 1 N–H and O–H groups in total. The zero-order chi connectivity index (χ0) is 19.5. The normalized spacial score (nSPS) is 10.9. The first-order valence-electron chi connectivity index (χ1n) is 8.23. The number of rotatable bonds is 5. The van der Waals surface area contributed by atoms with Gasteiger partial charge in [0.2, 0.25) is 5.91 Å². The van der Waals surface area contributed by atoms with Crippen molar-refractivity contribution in [3.63, 3.8) is 0 Å². The van der Waals surface area contributed by atoms with Gasteiger partial charge < -0.3 is 5.32 Å². The summed E-state index contributed by atoms with van der Waals surface area (Å²) in [5.41, 5.74) is 2.08.